The van der Waals surface area contributed by atoms with E-state index in [1.165, 1.54) is 0 Å². The van der Waals surface area contributed by atoms with Gasteiger partial charge in [-0.15, -0.1) is 0 Å². The molecule has 0 aromatic heterocycles. The average Bonchev–Trinajstić information content (AvgIpc) is 3.16. The van der Waals surface area contributed by atoms with Gasteiger partial charge in [0.2, 0.25) is 5.91 Å². The fraction of sp³-hybridized carbons (Fsp3) is 0.833. The van der Waals surface area contributed by atoms with Crippen LogP contribution in [0.1, 0.15) is 52.9 Å². The second-order valence-corrected chi connectivity index (χ2v) is 4.86. The monoisotopic (exact) mass is 241 g/mol. The van der Waals surface area contributed by atoms with Crippen LogP contribution in [0.2, 0.25) is 0 Å². The zero-order chi connectivity index (χ0) is 13.1. The zero-order valence-corrected chi connectivity index (χ0v) is 10.9. The molecule has 0 unspecified atom stereocenters. The molecule has 1 fully saturated rings. The van der Waals surface area contributed by atoms with Crippen LogP contribution in [-0.2, 0) is 4.79 Å². The van der Waals surface area contributed by atoms with Crippen LogP contribution in [0.3, 0.4) is 0 Å². The third kappa shape index (κ3) is 2.37. The summed E-state index contributed by atoms with van der Waals surface area (Å²) in [6.45, 7) is 6.20. The number of hydrogen-bond acceptors (Lipinski definition) is 3. The highest BCUT2D eigenvalue weighted by atomic mass is 16.4. The second-order valence-electron chi connectivity index (χ2n) is 4.86. The first-order chi connectivity index (χ1) is 8.00. The van der Waals surface area contributed by atoms with Gasteiger partial charge in [-0.05, 0) is 32.1 Å². The van der Waals surface area contributed by atoms with E-state index in [0.29, 0.717) is 12.8 Å². The lowest BCUT2D eigenvalue weighted by Crippen LogP contribution is -2.52. The summed E-state index contributed by atoms with van der Waals surface area (Å²) in [5.41, 5.74) is 4.68. The van der Waals surface area contributed by atoms with Crippen molar-refractivity contribution in [2.24, 2.45) is 16.3 Å². The van der Waals surface area contributed by atoms with Crippen molar-refractivity contribution in [3.63, 3.8) is 0 Å². The van der Waals surface area contributed by atoms with E-state index in [4.69, 9.17) is 10.9 Å². The van der Waals surface area contributed by atoms with Crippen LogP contribution in [0.15, 0.2) is 5.16 Å². The lowest BCUT2D eigenvalue weighted by atomic mass is 9.88. The van der Waals surface area contributed by atoms with Gasteiger partial charge in [-0.25, -0.2) is 0 Å². The first-order valence-electron chi connectivity index (χ1n) is 6.31. The third-order valence-corrected chi connectivity index (χ3v) is 4.19. The van der Waals surface area contributed by atoms with E-state index in [9.17, 15) is 4.79 Å². The van der Waals surface area contributed by atoms with E-state index in [1.807, 2.05) is 0 Å². The molecule has 5 nitrogen and oxygen atoms in total. The van der Waals surface area contributed by atoms with Gasteiger partial charge in [0.1, 0.15) is 5.41 Å². The number of rotatable bonds is 6. The first-order valence-corrected chi connectivity index (χ1v) is 6.31. The van der Waals surface area contributed by atoms with Gasteiger partial charge < -0.3 is 16.3 Å². The molecule has 17 heavy (non-hydrogen) atoms. The Morgan fingerprint density at radius 3 is 2.12 bits per heavy atom. The quantitative estimate of drug-likeness (QED) is 0.285. The average molecular weight is 241 g/mol. The van der Waals surface area contributed by atoms with Crippen molar-refractivity contribution in [3.05, 3.63) is 0 Å². The van der Waals surface area contributed by atoms with E-state index in [0.717, 1.165) is 19.3 Å². The molecule has 1 rings (SSSR count). The van der Waals surface area contributed by atoms with Crippen molar-refractivity contribution in [2.75, 3.05) is 0 Å². The highest BCUT2D eigenvalue weighted by Crippen LogP contribution is 2.46. The number of nitrogens with one attached hydrogen (secondary N) is 1. The number of amidine groups is 1. The van der Waals surface area contributed by atoms with Crippen LogP contribution in [0.5, 0.6) is 0 Å². The van der Waals surface area contributed by atoms with Crippen LogP contribution in [0.4, 0.5) is 0 Å². The Morgan fingerprint density at radius 1 is 1.35 bits per heavy atom. The maximum absolute atomic E-state index is 12.2. The van der Waals surface area contributed by atoms with Gasteiger partial charge in [-0.1, -0.05) is 25.9 Å². The van der Waals surface area contributed by atoms with Gasteiger partial charge in [0, 0.05) is 5.54 Å². The Labute approximate surface area is 102 Å². The highest BCUT2D eigenvalue weighted by molar-refractivity contribution is 6.09. The maximum Gasteiger partial charge on any atom is 0.234 e. The summed E-state index contributed by atoms with van der Waals surface area (Å²) in [6.07, 6.45) is 4.00. The molecule has 5 heteroatoms. The molecule has 0 saturated heterocycles. The number of carbonyl (C=O) groups is 1. The number of oxime groups is 1. The predicted molar refractivity (Wildman–Crippen MR) is 66.8 cm³/mol. The minimum absolute atomic E-state index is 0.0345. The van der Waals surface area contributed by atoms with E-state index in [1.54, 1.807) is 0 Å². The summed E-state index contributed by atoms with van der Waals surface area (Å²) in [6, 6.07) is 0. The fourth-order valence-electron chi connectivity index (χ4n) is 2.20. The van der Waals surface area contributed by atoms with Gasteiger partial charge in [0.25, 0.3) is 0 Å². The first kappa shape index (κ1) is 13.8. The standard InChI is InChI=1S/C12H23N3O2/c1-4-11(5-2,6-3)14-10(16)12(7-8-12)9(13)15-17/h17H,4-8H2,1-3H3,(H2,13,15)(H,14,16). The molecule has 98 valence electrons. The third-order valence-electron chi connectivity index (χ3n) is 4.19. The molecule has 1 saturated carbocycles. The SMILES string of the molecule is CCC(CC)(CC)NC(=O)C1(C(N)=NO)CC1. The van der Waals surface area contributed by atoms with Gasteiger partial charge in [-0.2, -0.15) is 0 Å². The lowest BCUT2D eigenvalue weighted by Gasteiger charge is -2.33. The summed E-state index contributed by atoms with van der Waals surface area (Å²) in [7, 11) is 0. The van der Waals surface area contributed by atoms with Crippen LogP contribution >= 0.6 is 0 Å². The van der Waals surface area contributed by atoms with Gasteiger partial charge in [-0.3, -0.25) is 4.79 Å². The molecular formula is C12H23N3O2. The summed E-state index contributed by atoms with van der Waals surface area (Å²) < 4.78 is 0. The Kier molecular flexibility index (Phi) is 4.01. The molecule has 1 amide bonds. The van der Waals surface area contributed by atoms with Crippen LogP contribution < -0.4 is 11.1 Å². The van der Waals surface area contributed by atoms with Crippen LogP contribution in [0, 0.1) is 5.41 Å². The molecule has 0 radical (unpaired) electrons. The van der Waals surface area contributed by atoms with Gasteiger partial charge >= 0.3 is 0 Å². The molecule has 1 aliphatic rings. The van der Waals surface area contributed by atoms with Crippen molar-refractivity contribution < 1.29 is 10.0 Å². The van der Waals surface area contributed by atoms with Crippen molar-refractivity contribution >= 4 is 11.7 Å². The number of nitrogens with zero attached hydrogens (tertiary/aromatic N) is 1. The molecule has 0 aliphatic heterocycles. The predicted octanol–water partition coefficient (Wildman–Crippen LogP) is 1.60. The van der Waals surface area contributed by atoms with Crippen molar-refractivity contribution in [3.8, 4) is 0 Å². The summed E-state index contributed by atoms with van der Waals surface area (Å²) >= 11 is 0. The minimum Gasteiger partial charge on any atom is -0.409 e. The Morgan fingerprint density at radius 2 is 1.82 bits per heavy atom. The Hall–Kier alpha value is -1.26. The minimum atomic E-state index is -0.750. The summed E-state index contributed by atoms with van der Waals surface area (Å²) in [5.74, 6) is -0.0643. The molecular weight excluding hydrogens is 218 g/mol. The summed E-state index contributed by atoms with van der Waals surface area (Å²) in [5, 5.41) is 14.8. The van der Waals surface area contributed by atoms with Crippen molar-refractivity contribution in [2.45, 2.75) is 58.4 Å². The Balaban J connectivity index is 2.79. The molecule has 1 aliphatic carbocycles. The van der Waals surface area contributed by atoms with Gasteiger partial charge in [0.05, 0.1) is 0 Å². The van der Waals surface area contributed by atoms with E-state index in [2.05, 4.69) is 31.2 Å². The van der Waals surface area contributed by atoms with Crippen molar-refractivity contribution in [1.82, 2.24) is 5.32 Å². The fourth-order valence-corrected chi connectivity index (χ4v) is 2.20. The number of amides is 1. The van der Waals surface area contributed by atoms with E-state index < -0.39 is 5.41 Å². The Bertz CT molecular complexity index is 309. The van der Waals surface area contributed by atoms with E-state index in [-0.39, 0.29) is 17.3 Å². The summed E-state index contributed by atoms with van der Waals surface area (Å²) in [4.78, 5) is 12.2. The molecule has 0 aromatic rings. The topological polar surface area (TPSA) is 87.7 Å². The van der Waals surface area contributed by atoms with Crippen LogP contribution in [0.25, 0.3) is 0 Å². The largest absolute Gasteiger partial charge is 0.409 e. The number of hydrogen-bond donors (Lipinski definition) is 3. The molecule has 0 heterocycles. The lowest BCUT2D eigenvalue weighted by molar-refractivity contribution is -0.126. The molecule has 0 bridgehead atoms. The second kappa shape index (κ2) is 4.94. The number of nitrogens with two attached hydrogens (primary N) is 1. The van der Waals surface area contributed by atoms with Gasteiger partial charge in [0.15, 0.2) is 5.84 Å². The highest BCUT2D eigenvalue weighted by Gasteiger charge is 2.55. The maximum atomic E-state index is 12.2. The van der Waals surface area contributed by atoms with Crippen LogP contribution in [-0.4, -0.2) is 22.5 Å². The normalized spacial score (nSPS) is 18.9. The van der Waals surface area contributed by atoms with Crippen molar-refractivity contribution in [1.29, 1.82) is 0 Å². The zero-order valence-electron chi connectivity index (χ0n) is 10.9. The molecule has 4 N–H and O–H groups in total. The smallest absolute Gasteiger partial charge is 0.234 e. The van der Waals surface area contributed by atoms with E-state index >= 15 is 0 Å². The molecule has 0 aromatic carbocycles. The molecule has 0 spiro atoms. The number of carbonyl (C=O) groups excluding carboxylic acids is 1. The molecule has 0 atom stereocenters.